The number of esters is 2. The molecule has 13 heteroatoms. The van der Waals surface area contributed by atoms with Crippen molar-refractivity contribution in [2.24, 2.45) is 11.8 Å². The van der Waals surface area contributed by atoms with Crippen LogP contribution in [0.2, 0.25) is 0 Å². The molecule has 0 spiro atoms. The molecule has 0 aromatic heterocycles. The summed E-state index contributed by atoms with van der Waals surface area (Å²) in [4.78, 5) is 54.2. The number of benzene rings is 2. The number of amides is 2. The zero-order valence-corrected chi connectivity index (χ0v) is 34.5. The predicted molar refractivity (Wildman–Crippen MR) is 208 cm³/mol. The normalized spacial score (nSPS) is 14.4. The van der Waals surface area contributed by atoms with E-state index >= 15 is 17.6 Å². The minimum absolute atomic E-state index is 0.0156. The van der Waals surface area contributed by atoms with E-state index in [1.54, 1.807) is 50.3 Å². The molecule has 8 nitrogen and oxygen atoms in total. The maximum absolute atomic E-state index is 17.6. The van der Waals surface area contributed by atoms with Gasteiger partial charge in [-0.05, 0) is 0 Å². The molecule has 0 fully saturated rings. The Morgan fingerprint density at radius 3 is 1.39 bits per heavy atom. The molecule has 4 rings (SSSR count). The third-order valence-electron chi connectivity index (χ3n) is 10.2. The number of allylic oxidation sites excluding steroid dienone is 8. The Hall–Kier alpha value is -4.81. The monoisotopic (exact) mass is 826 g/mol. The zero-order chi connectivity index (χ0) is 41.9. The molecule has 0 N–H and O–H groups in total. The molecule has 2 atom stereocenters. The second-order valence-electron chi connectivity index (χ2n) is 13.9. The summed E-state index contributed by atoms with van der Waals surface area (Å²) < 4.78 is 79.5. The molecule has 57 heavy (non-hydrogen) atoms. The molecule has 0 radical (unpaired) electrons. The van der Waals surface area contributed by atoms with E-state index < -0.39 is 71.4 Å². The molecule has 0 heterocycles. The Morgan fingerprint density at radius 1 is 0.702 bits per heavy atom. The summed E-state index contributed by atoms with van der Waals surface area (Å²) in [5.74, 6) is -8.35. The van der Waals surface area contributed by atoms with Crippen LogP contribution in [0.5, 0.6) is 0 Å². The van der Waals surface area contributed by atoms with Crippen LogP contribution in [0.4, 0.5) is 17.6 Å². The van der Waals surface area contributed by atoms with Gasteiger partial charge in [0.25, 0.3) is 0 Å². The molecular formula is C44H50F4N2O6Ti. The van der Waals surface area contributed by atoms with Crippen LogP contribution in [0.25, 0.3) is 0 Å². The second kappa shape index (κ2) is 20.6. The van der Waals surface area contributed by atoms with Gasteiger partial charge in [-0.2, -0.15) is 0 Å². The molecule has 304 valence electrons. The summed E-state index contributed by atoms with van der Waals surface area (Å²) in [7, 11) is 0. The van der Waals surface area contributed by atoms with Gasteiger partial charge in [0.15, 0.2) is 0 Å². The topological polar surface area (TPSA) is 93.2 Å². The van der Waals surface area contributed by atoms with E-state index in [1.807, 2.05) is 0 Å². The van der Waals surface area contributed by atoms with Gasteiger partial charge in [-0.1, -0.05) is 0 Å². The molecule has 2 aromatic rings. The first-order valence-electron chi connectivity index (χ1n) is 19.0. The number of carbonyl (C=O) groups is 4. The average Bonchev–Trinajstić information content (AvgIpc) is 3.91. The van der Waals surface area contributed by atoms with Crippen LogP contribution in [0.1, 0.15) is 51.7 Å². The van der Waals surface area contributed by atoms with Crippen molar-refractivity contribution in [2.75, 3.05) is 39.4 Å². The van der Waals surface area contributed by atoms with Crippen molar-refractivity contribution in [3.8, 4) is 0 Å². The number of hydrogen-bond acceptors (Lipinski definition) is 6. The Labute approximate surface area is 335 Å². The second-order valence-corrected chi connectivity index (χ2v) is 19.8. The SMILES string of the molecule is C=CCN(CC(Cc1ccc(F)[c]([Ti]([C]2=CC=CC2)([C]2=CC=CC2)[c]2c(F)ccc(CC(CN(CC=C)C(C)=O)C(=O)OCC)c2F)c1F)C(=O)OCC)C(C)=O. The van der Waals surface area contributed by atoms with E-state index in [4.69, 9.17) is 9.47 Å². The van der Waals surface area contributed by atoms with Gasteiger partial charge in [0.05, 0.1) is 0 Å². The van der Waals surface area contributed by atoms with E-state index in [2.05, 4.69) is 13.2 Å². The fourth-order valence-electron chi connectivity index (χ4n) is 7.62. The molecule has 2 aliphatic rings. The number of carbonyl (C=O) groups excluding carboxylic acids is 4. The quantitative estimate of drug-likeness (QED) is 0.0652. The third-order valence-corrected chi connectivity index (χ3v) is 18.2. The molecular weight excluding hydrogens is 776 g/mol. The summed E-state index contributed by atoms with van der Waals surface area (Å²) in [6.45, 7) is 13.2. The van der Waals surface area contributed by atoms with Crippen molar-refractivity contribution in [1.29, 1.82) is 0 Å². The van der Waals surface area contributed by atoms with Crippen molar-refractivity contribution >= 4 is 31.5 Å². The fraction of sp³-hybridized carbons (Fsp3) is 0.364. The van der Waals surface area contributed by atoms with Crippen LogP contribution < -0.4 is 7.74 Å². The van der Waals surface area contributed by atoms with Gasteiger partial charge in [-0.15, -0.1) is 0 Å². The maximum atomic E-state index is 17.6. The Balaban J connectivity index is 2.00. The predicted octanol–water partition coefficient (Wildman–Crippen LogP) is 6.55. The molecule has 2 aliphatic carbocycles. The van der Waals surface area contributed by atoms with Crippen LogP contribution in [0.15, 0.2) is 93.8 Å². The summed E-state index contributed by atoms with van der Waals surface area (Å²) in [6.07, 6.45) is 12.9. The van der Waals surface area contributed by atoms with E-state index in [-0.39, 0.29) is 88.0 Å². The van der Waals surface area contributed by atoms with E-state index in [0.717, 1.165) is 12.1 Å². The van der Waals surface area contributed by atoms with Gasteiger partial charge in [-0.25, -0.2) is 0 Å². The zero-order valence-electron chi connectivity index (χ0n) is 32.9. The molecule has 2 amide bonds. The Kier molecular flexibility index (Phi) is 16.2. The van der Waals surface area contributed by atoms with Gasteiger partial charge < -0.3 is 0 Å². The number of hydrogen-bond donors (Lipinski definition) is 0. The number of halogens is 4. The summed E-state index contributed by atoms with van der Waals surface area (Å²) in [6, 6.07) is 4.53. The minimum atomic E-state index is -5.34. The molecule has 0 saturated heterocycles. The van der Waals surface area contributed by atoms with Crippen molar-refractivity contribution in [3.05, 3.63) is 128 Å². The van der Waals surface area contributed by atoms with Gasteiger partial charge in [-0.3, -0.25) is 0 Å². The van der Waals surface area contributed by atoms with Gasteiger partial charge >= 0.3 is 337 Å². The van der Waals surface area contributed by atoms with Crippen LogP contribution in [0, 0.1) is 35.1 Å². The first-order chi connectivity index (χ1) is 27.3. The molecule has 0 bridgehead atoms. The molecule has 2 aromatic carbocycles. The third kappa shape index (κ3) is 10.0. The van der Waals surface area contributed by atoms with Gasteiger partial charge in [0.2, 0.25) is 0 Å². The van der Waals surface area contributed by atoms with E-state index in [1.165, 1.54) is 47.9 Å². The van der Waals surface area contributed by atoms with Crippen LogP contribution in [-0.4, -0.2) is 72.9 Å². The van der Waals surface area contributed by atoms with Crippen molar-refractivity contribution in [2.45, 2.75) is 53.4 Å². The van der Waals surface area contributed by atoms with E-state index in [9.17, 15) is 19.2 Å². The van der Waals surface area contributed by atoms with Crippen LogP contribution in [0.3, 0.4) is 0 Å². The standard InChI is InChI=1S/2C17H20F2NO3.2C5H5.Ti/c2*1-4-8-20(12(3)21)11-14(17(22)23-5-2)9-13-6-7-15(18)10-16(13)19;2*1-2-4-5-3-1;/h2*4,6-7,14H,1,5,8-9,11H2,2-3H3;2*1-3H,4H2;. The number of rotatable bonds is 20. The Bertz CT molecular complexity index is 1870. The first-order valence-corrected chi connectivity index (χ1v) is 22.1. The molecule has 0 saturated carbocycles. The van der Waals surface area contributed by atoms with Gasteiger partial charge in [0, 0.05) is 0 Å². The number of ether oxygens (including phenoxy) is 2. The van der Waals surface area contributed by atoms with E-state index in [0.29, 0.717) is 7.76 Å². The summed E-state index contributed by atoms with van der Waals surface area (Å²) in [5, 5.41) is 0. The van der Waals surface area contributed by atoms with Gasteiger partial charge in [0.1, 0.15) is 0 Å². The van der Waals surface area contributed by atoms with Crippen molar-refractivity contribution in [1.82, 2.24) is 9.80 Å². The summed E-state index contributed by atoms with van der Waals surface area (Å²) >= 11 is -5.34. The molecule has 2 unspecified atom stereocenters. The van der Waals surface area contributed by atoms with Crippen LogP contribution >= 0.6 is 0 Å². The van der Waals surface area contributed by atoms with Crippen molar-refractivity contribution in [3.63, 3.8) is 0 Å². The first kappa shape index (κ1) is 44.9. The molecule has 0 aliphatic heterocycles. The van der Waals surface area contributed by atoms with Crippen LogP contribution in [-0.2, 0) is 58.1 Å². The summed E-state index contributed by atoms with van der Waals surface area (Å²) in [5.41, 5.74) is -0.184. The number of nitrogens with zero attached hydrogens (tertiary/aromatic N) is 2. The fourth-order valence-corrected chi connectivity index (χ4v) is 16.0. The average molecular weight is 827 g/mol. The van der Waals surface area contributed by atoms with Crippen molar-refractivity contribution < 1.29 is 62.8 Å². The Morgan fingerprint density at radius 2 is 1.09 bits per heavy atom.